The van der Waals surface area contributed by atoms with Gasteiger partial charge >= 0.3 is 0 Å². The van der Waals surface area contributed by atoms with Crippen LogP contribution in [0.15, 0.2) is 22.8 Å². The van der Waals surface area contributed by atoms with Gasteiger partial charge in [-0.2, -0.15) is 0 Å². The molecular weight excluding hydrogens is 174 g/mol. The highest BCUT2D eigenvalue weighted by atomic mass is 32.2. The molecule has 62 valence electrons. The molecule has 4 heteroatoms. The zero-order valence-electron chi connectivity index (χ0n) is 6.29. The minimum Gasteiger partial charge on any atom is -0.327 e. The number of hydrogen-bond acceptors (Lipinski definition) is 3. The van der Waals surface area contributed by atoms with Crippen molar-refractivity contribution in [2.75, 3.05) is 5.75 Å². The number of thioether (sulfide) groups is 1. The molecule has 1 amide bonds. The Labute approximate surface area is 73.9 Å². The number of allylic oxidation sites excluding steroid dienone is 3. The first-order valence-electron chi connectivity index (χ1n) is 3.62. The largest absolute Gasteiger partial charge is 0.327 e. The third kappa shape index (κ3) is 1.30. The zero-order valence-corrected chi connectivity index (χ0v) is 7.11. The summed E-state index contributed by atoms with van der Waals surface area (Å²) in [7, 11) is 0. The van der Waals surface area contributed by atoms with Crippen molar-refractivity contribution in [3.05, 3.63) is 22.8 Å². The molecule has 12 heavy (non-hydrogen) atoms. The Morgan fingerprint density at radius 2 is 2.17 bits per heavy atom. The quantitative estimate of drug-likeness (QED) is 0.595. The summed E-state index contributed by atoms with van der Waals surface area (Å²) in [4.78, 5) is 22.9. The van der Waals surface area contributed by atoms with Crippen molar-refractivity contribution in [3.8, 4) is 0 Å². The van der Waals surface area contributed by atoms with Crippen LogP contribution in [0.4, 0.5) is 0 Å². The third-order valence-corrected chi connectivity index (χ3v) is 2.82. The number of ketones is 1. The molecule has 0 saturated carbocycles. The average Bonchev–Trinajstić information content (AvgIpc) is 2.03. The Bertz CT molecular complexity index is 317. The molecule has 0 atom stereocenters. The number of rotatable bonds is 0. The number of nitrogens with one attached hydrogen (secondary N) is 1. The highest BCUT2D eigenvalue weighted by molar-refractivity contribution is 8.04. The van der Waals surface area contributed by atoms with Crippen LogP contribution in [0.1, 0.15) is 6.42 Å². The van der Waals surface area contributed by atoms with E-state index in [1.54, 1.807) is 12.2 Å². The molecule has 2 aliphatic rings. The van der Waals surface area contributed by atoms with Crippen molar-refractivity contribution in [2.45, 2.75) is 6.42 Å². The van der Waals surface area contributed by atoms with E-state index in [-0.39, 0.29) is 11.7 Å². The first-order chi connectivity index (χ1) is 5.75. The first-order valence-corrected chi connectivity index (χ1v) is 4.61. The van der Waals surface area contributed by atoms with Gasteiger partial charge in [0.2, 0.25) is 5.91 Å². The average molecular weight is 181 g/mol. The minimum atomic E-state index is -0.0122. The Morgan fingerprint density at radius 3 is 3.00 bits per heavy atom. The molecule has 1 aliphatic heterocycles. The Kier molecular flexibility index (Phi) is 1.77. The summed E-state index contributed by atoms with van der Waals surface area (Å²) in [6.07, 6.45) is 3.67. The van der Waals surface area contributed by atoms with E-state index < -0.39 is 0 Å². The minimum absolute atomic E-state index is 0.0122. The van der Waals surface area contributed by atoms with E-state index >= 15 is 0 Å². The fourth-order valence-electron chi connectivity index (χ4n) is 1.18. The monoisotopic (exact) mass is 181 g/mol. The maximum Gasteiger partial charge on any atom is 0.234 e. The molecule has 2 rings (SSSR count). The van der Waals surface area contributed by atoms with Crippen molar-refractivity contribution in [1.82, 2.24) is 5.32 Å². The van der Waals surface area contributed by atoms with E-state index in [2.05, 4.69) is 5.32 Å². The van der Waals surface area contributed by atoms with Crippen LogP contribution in [0.25, 0.3) is 0 Å². The first kappa shape index (κ1) is 7.61. The van der Waals surface area contributed by atoms with Crippen LogP contribution in [0.5, 0.6) is 0 Å². The summed E-state index contributed by atoms with van der Waals surface area (Å²) in [5.41, 5.74) is 0.767. The molecule has 0 aromatic carbocycles. The van der Waals surface area contributed by atoms with E-state index in [1.165, 1.54) is 11.8 Å². The summed E-state index contributed by atoms with van der Waals surface area (Å²) in [5, 5.41) is 2.70. The maximum absolute atomic E-state index is 10.9. The number of carbonyl (C=O) groups is 2. The van der Waals surface area contributed by atoms with Crippen molar-refractivity contribution in [1.29, 1.82) is 0 Å². The van der Waals surface area contributed by atoms with Crippen LogP contribution in [0.2, 0.25) is 0 Å². The topological polar surface area (TPSA) is 46.2 Å². The summed E-state index contributed by atoms with van der Waals surface area (Å²) in [6.45, 7) is 0. The van der Waals surface area contributed by atoms with Crippen LogP contribution in [0, 0.1) is 0 Å². The van der Waals surface area contributed by atoms with Gasteiger partial charge in [-0.3, -0.25) is 9.59 Å². The van der Waals surface area contributed by atoms with Crippen molar-refractivity contribution < 1.29 is 9.59 Å². The lowest BCUT2D eigenvalue weighted by Crippen LogP contribution is -2.31. The Morgan fingerprint density at radius 1 is 1.33 bits per heavy atom. The van der Waals surface area contributed by atoms with Crippen LogP contribution in [-0.2, 0) is 9.59 Å². The number of hydrogen-bond donors (Lipinski definition) is 1. The van der Waals surface area contributed by atoms with Gasteiger partial charge in [0.25, 0.3) is 0 Å². The van der Waals surface area contributed by atoms with Gasteiger partial charge in [0.1, 0.15) is 0 Å². The van der Waals surface area contributed by atoms with Crippen molar-refractivity contribution >= 4 is 23.5 Å². The van der Waals surface area contributed by atoms with E-state index in [9.17, 15) is 9.59 Å². The SMILES string of the molecule is O=C1C=CC2=C(C1)NC(=O)CS2. The summed E-state index contributed by atoms with van der Waals surface area (Å²) in [5.74, 6) is 0.496. The second kappa shape index (κ2) is 2.79. The van der Waals surface area contributed by atoms with E-state index in [0.717, 1.165) is 10.6 Å². The maximum atomic E-state index is 10.9. The third-order valence-electron chi connectivity index (χ3n) is 1.72. The highest BCUT2D eigenvalue weighted by Gasteiger charge is 2.20. The lowest BCUT2D eigenvalue weighted by atomic mass is 10.1. The molecule has 0 saturated heterocycles. The number of amides is 1. The van der Waals surface area contributed by atoms with Crippen LogP contribution >= 0.6 is 11.8 Å². The Hall–Kier alpha value is -1.03. The van der Waals surface area contributed by atoms with Gasteiger partial charge < -0.3 is 5.32 Å². The molecule has 0 fully saturated rings. The summed E-state index contributed by atoms with van der Waals surface area (Å²) in [6, 6.07) is 0. The number of carbonyl (C=O) groups excluding carboxylic acids is 2. The molecule has 1 N–H and O–H groups in total. The lowest BCUT2D eigenvalue weighted by molar-refractivity contribution is -0.118. The van der Waals surface area contributed by atoms with E-state index in [0.29, 0.717) is 12.2 Å². The molecule has 0 aromatic heterocycles. The van der Waals surface area contributed by atoms with E-state index in [4.69, 9.17) is 0 Å². The predicted molar refractivity (Wildman–Crippen MR) is 46.4 cm³/mol. The van der Waals surface area contributed by atoms with Crippen LogP contribution in [0.3, 0.4) is 0 Å². The van der Waals surface area contributed by atoms with Crippen molar-refractivity contribution in [3.63, 3.8) is 0 Å². The van der Waals surface area contributed by atoms with Gasteiger partial charge in [-0.15, -0.1) is 11.8 Å². The Balaban J connectivity index is 2.29. The fraction of sp³-hybridized carbons (Fsp3) is 0.250. The van der Waals surface area contributed by atoms with Gasteiger partial charge in [-0.1, -0.05) is 0 Å². The summed E-state index contributed by atoms with van der Waals surface area (Å²) >= 11 is 1.49. The second-order valence-corrected chi connectivity index (χ2v) is 3.67. The van der Waals surface area contributed by atoms with Gasteiger partial charge in [0, 0.05) is 10.6 Å². The molecule has 3 nitrogen and oxygen atoms in total. The van der Waals surface area contributed by atoms with Crippen LogP contribution < -0.4 is 5.32 Å². The zero-order chi connectivity index (χ0) is 8.55. The van der Waals surface area contributed by atoms with Crippen LogP contribution in [-0.4, -0.2) is 17.4 Å². The molecule has 0 spiro atoms. The molecule has 0 bridgehead atoms. The second-order valence-electron chi connectivity index (χ2n) is 2.66. The van der Waals surface area contributed by atoms with Gasteiger partial charge in [0.05, 0.1) is 12.2 Å². The summed E-state index contributed by atoms with van der Waals surface area (Å²) < 4.78 is 0. The van der Waals surface area contributed by atoms with Gasteiger partial charge in [0.15, 0.2) is 5.78 Å². The molecule has 0 unspecified atom stereocenters. The fourth-order valence-corrected chi connectivity index (χ4v) is 2.00. The molecule has 1 aliphatic carbocycles. The highest BCUT2D eigenvalue weighted by Crippen LogP contribution is 2.28. The standard InChI is InChI=1S/C8H7NO2S/c10-5-1-2-7-6(3-5)9-8(11)4-12-7/h1-2H,3-4H2,(H,9,11). The van der Waals surface area contributed by atoms with Gasteiger partial charge in [-0.05, 0) is 12.2 Å². The van der Waals surface area contributed by atoms with Gasteiger partial charge in [-0.25, -0.2) is 0 Å². The normalized spacial score (nSPS) is 22.3. The molecular formula is C8H7NO2S. The smallest absolute Gasteiger partial charge is 0.234 e. The molecule has 1 heterocycles. The van der Waals surface area contributed by atoms with Crippen molar-refractivity contribution in [2.24, 2.45) is 0 Å². The van der Waals surface area contributed by atoms with E-state index in [1.807, 2.05) is 0 Å². The molecule has 0 aromatic rings. The predicted octanol–water partition coefficient (Wildman–Crippen LogP) is 0.590. The molecule has 0 radical (unpaired) electrons. The lowest BCUT2D eigenvalue weighted by Gasteiger charge is -2.20.